The van der Waals surface area contributed by atoms with E-state index in [9.17, 15) is 4.79 Å². The fraction of sp³-hybridized carbons (Fsp3) is 0.333. The van der Waals surface area contributed by atoms with Crippen LogP contribution >= 0.6 is 11.6 Å². The number of carbonyl (C=O) groups is 1. The van der Waals surface area contributed by atoms with Crippen LogP contribution in [0.3, 0.4) is 0 Å². The summed E-state index contributed by atoms with van der Waals surface area (Å²) >= 11 is 6.13. The third-order valence-electron chi connectivity index (χ3n) is 3.19. The Labute approximate surface area is 128 Å². The minimum Gasteiger partial charge on any atom is -0.383 e. The summed E-state index contributed by atoms with van der Waals surface area (Å²) in [5.41, 5.74) is 7.52. The predicted octanol–water partition coefficient (Wildman–Crippen LogP) is 1.92. The second-order valence-corrected chi connectivity index (χ2v) is 4.99. The standard InChI is InChI=1S/C15H18ClN3O2/c1-21-9-8-19-14(13(16)10-18-19)15(20)12-5-3-2-4-11(12)6-7-17/h2-5,10H,6-9,17H2,1H3. The predicted molar refractivity (Wildman–Crippen MR) is 81.7 cm³/mol. The van der Waals surface area contributed by atoms with Crippen LogP contribution in [0.15, 0.2) is 30.5 Å². The largest absolute Gasteiger partial charge is 0.383 e. The van der Waals surface area contributed by atoms with Crippen molar-refractivity contribution in [3.05, 3.63) is 52.3 Å². The summed E-state index contributed by atoms with van der Waals surface area (Å²) < 4.78 is 6.60. The van der Waals surface area contributed by atoms with E-state index in [1.165, 1.54) is 6.20 Å². The second-order valence-electron chi connectivity index (χ2n) is 4.58. The molecule has 0 unspecified atom stereocenters. The Hall–Kier alpha value is -1.69. The number of nitrogens with zero attached hydrogens (tertiary/aromatic N) is 2. The normalized spacial score (nSPS) is 10.8. The van der Waals surface area contributed by atoms with Crippen LogP contribution in [-0.2, 0) is 17.7 Å². The van der Waals surface area contributed by atoms with Crippen molar-refractivity contribution in [2.24, 2.45) is 5.73 Å². The Balaban J connectivity index is 2.38. The van der Waals surface area contributed by atoms with Crippen molar-refractivity contribution in [3.8, 4) is 0 Å². The molecule has 1 heterocycles. The number of ketones is 1. The number of nitrogens with two attached hydrogens (primary N) is 1. The van der Waals surface area contributed by atoms with Gasteiger partial charge in [-0.2, -0.15) is 5.10 Å². The van der Waals surface area contributed by atoms with Crippen molar-refractivity contribution in [1.82, 2.24) is 9.78 Å². The summed E-state index contributed by atoms with van der Waals surface area (Å²) in [4.78, 5) is 12.8. The van der Waals surface area contributed by atoms with E-state index in [2.05, 4.69) is 5.10 Å². The molecule has 2 aromatic rings. The molecule has 0 radical (unpaired) electrons. The van der Waals surface area contributed by atoms with E-state index in [1.54, 1.807) is 17.9 Å². The number of halogens is 1. The molecule has 2 rings (SSSR count). The summed E-state index contributed by atoms with van der Waals surface area (Å²) in [6, 6.07) is 7.42. The van der Waals surface area contributed by atoms with Gasteiger partial charge < -0.3 is 10.5 Å². The van der Waals surface area contributed by atoms with E-state index >= 15 is 0 Å². The van der Waals surface area contributed by atoms with Crippen LogP contribution in [0, 0.1) is 0 Å². The number of ether oxygens (including phenoxy) is 1. The Morgan fingerprint density at radius 1 is 1.43 bits per heavy atom. The first-order valence-electron chi connectivity index (χ1n) is 6.72. The van der Waals surface area contributed by atoms with Crippen LogP contribution in [0.5, 0.6) is 0 Å². The van der Waals surface area contributed by atoms with Gasteiger partial charge in [0.25, 0.3) is 0 Å². The quantitative estimate of drug-likeness (QED) is 0.793. The average Bonchev–Trinajstić information content (AvgIpc) is 2.86. The molecular weight excluding hydrogens is 290 g/mol. The zero-order valence-electron chi connectivity index (χ0n) is 11.9. The first kappa shape index (κ1) is 15.7. The summed E-state index contributed by atoms with van der Waals surface area (Å²) in [5, 5.41) is 4.48. The van der Waals surface area contributed by atoms with Crippen molar-refractivity contribution in [2.75, 3.05) is 20.3 Å². The lowest BCUT2D eigenvalue weighted by atomic mass is 9.99. The maximum absolute atomic E-state index is 12.8. The highest BCUT2D eigenvalue weighted by atomic mass is 35.5. The number of carbonyl (C=O) groups excluding carboxylic acids is 1. The van der Waals surface area contributed by atoms with Crippen LogP contribution < -0.4 is 5.73 Å². The maximum atomic E-state index is 12.8. The number of hydrogen-bond acceptors (Lipinski definition) is 4. The monoisotopic (exact) mass is 307 g/mol. The Bertz CT molecular complexity index is 625. The summed E-state index contributed by atoms with van der Waals surface area (Å²) in [6.45, 7) is 1.42. The lowest BCUT2D eigenvalue weighted by Crippen LogP contribution is -2.16. The van der Waals surface area contributed by atoms with Gasteiger partial charge in [0, 0.05) is 12.7 Å². The molecule has 0 amide bonds. The van der Waals surface area contributed by atoms with Gasteiger partial charge in [0.1, 0.15) is 5.69 Å². The third kappa shape index (κ3) is 3.50. The molecule has 0 aliphatic rings. The molecule has 112 valence electrons. The van der Waals surface area contributed by atoms with E-state index in [4.69, 9.17) is 22.1 Å². The highest BCUT2D eigenvalue weighted by Gasteiger charge is 2.21. The molecule has 0 saturated heterocycles. The summed E-state index contributed by atoms with van der Waals surface area (Å²) in [5.74, 6) is -0.141. The molecule has 21 heavy (non-hydrogen) atoms. The molecule has 0 atom stereocenters. The number of benzene rings is 1. The van der Waals surface area contributed by atoms with E-state index in [1.807, 2.05) is 18.2 Å². The minimum atomic E-state index is -0.141. The van der Waals surface area contributed by atoms with Gasteiger partial charge in [0.2, 0.25) is 5.78 Å². The van der Waals surface area contributed by atoms with Gasteiger partial charge in [-0.3, -0.25) is 9.48 Å². The molecule has 1 aromatic carbocycles. The van der Waals surface area contributed by atoms with Gasteiger partial charge in [-0.1, -0.05) is 35.9 Å². The highest BCUT2D eigenvalue weighted by molar-refractivity contribution is 6.34. The molecule has 0 saturated carbocycles. The molecule has 2 N–H and O–H groups in total. The zero-order valence-corrected chi connectivity index (χ0v) is 12.6. The van der Waals surface area contributed by atoms with Crippen LogP contribution in [0.25, 0.3) is 0 Å². The maximum Gasteiger partial charge on any atom is 0.212 e. The lowest BCUT2D eigenvalue weighted by molar-refractivity contribution is 0.102. The van der Waals surface area contributed by atoms with Gasteiger partial charge in [-0.25, -0.2) is 0 Å². The van der Waals surface area contributed by atoms with Crippen LogP contribution in [0.4, 0.5) is 0 Å². The number of aromatic nitrogens is 2. The van der Waals surface area contributed by atoms with Gasteiger partial charge in [-0.15, -0.1) is 0 Å². The van der Waals surface area contributed by atoms with Gasteiger partial charge in [0.15, 0.2) is 0 Å². The molecule has 0 spiro atoms. The van der Waals surface area contributed by atoms with Crippen molar-refractivity contribution in [2.45, 2.75) is 13.0 Å². The van der Waals surface area contributed by atoms with E-state index in [0.717, 1.165) is 5.56 Å². The number of rotatable bonds is 7. The second kappa shape index (κ2) is 7.36. The zero-order chi connectivity index (χ0) is 15.2. The van der Waals surface area contributed by atoms with Crippen molar-refractivity contribution >= 4 is 17.4 Å². The van der Waals surface area contributed by atoms with E-state index < -0.39 is 0 Å². The van der Waals surface area contributed by atoms with Crippen molar-refractivity contribution in [1.29, 1.82) is 0 Å². The first-order chi connectivity index (χ1) is 10.2. The van der Waals surface area contributed by atoms with Gasteiger partial charge in [0.05, 0.1) is 24.4 Å². The molecule has 0 aliphatic carbocycles. The smallest absolute Gasteiger partial charge is 0.212 e. The molecule has 0 aliphatic heterocycles. The summed E-state index contributed by atoms with van der Waals surface area (Å²) in [7, 11) is 1.60. The summed E-state index contributed by atoms with van der Waals surface area (Å²) in [6.07, 6.45) is 2.13. The third-order valence-corrected chi connectivity index (χ3v) is 3.47. The molecule has 0 fully saturated rings. The van der Waals surface area contributed by atoms with Gasteiger partial charge in [-0.05, 0) is 18.5 Å². The lowest BCUT2D eigenvalue weighted by Gasteiger charge is -2.10. The van der Waals surface area contributed by atoms with E-state index in [0.29, 0.717) is 42.4 Å². The Morgan fingerprint density at radius 2 is 2.19 bits per heavy atom. The highest BCUT2D eigenvalue weighted by Crippen LogP contribution is 2.21. The topological polar surface area (TPSA) is 70.1 Å². The molecule has 1 aromatic heterocycles. The SMILES string of the molecule is COCCn1ncc(Cl)c1C(=O)c1ccccc1CCN. The van der Waals surface area contributed by atoms with Crippen molar-refractivity contribution < 1.29 is 9.53 Å². The Kier molecular flexibility index (Phi) is 5.50. The Morgan fingerprint density at radius 3 is 2.90 bits per heavy atom. The number of hydrogen-bond donors (Lipinski definition) is 1. The van der Waals surface area contributed by atoms with Crippen molar-refractivity contribution in [3.63, 3.8) is 0 Å². The van der Waals surface area contributed by atoms with E-state index in [-0.39, 0.29) is 5.78 Å². The average molecular weight is 308 g/mol. The van der Waals surface area contributed by atoms with Crippen LogP contribution in [-0.4, -0.2) is 35.8 Å². The molecule has 5 nitrogen and oxygen atoms in total. The first-order valence-corrected chi connectivity index (χ1v) is 7.09. The fourth-order valence-electron chi connectivity index (χ4n) is 2.18. The van der Waals surface area contributed by atoms with Crippen LogP contribution in [0.1, 0.15) is 21.6 Å². The molecule has 0 bridgehead atoms. The van der Waals surface area contributed by atoms with Crippen LogP contribution in [0.2, 0.25) is 5.02 Å². The minimum absolute atomic E-state index is 0.141. The number of methoxy groups -OCH3 is 1. The van der Waals surface area contributed by atoms with Gasteiger partial charge >= 0.3 is 0 Å². The molecule has 6 heteroatoms. The fourth-order valence-corrected chi connectivity index (χ4v) is 2.41. The molecular formula is C15H18ClN3O2.